The predicted octanol–water partition coefficient (Wildman–Crippen LogP) is 4.60. The highest BCUT2D eigenvalue weighted by Gasteiger charge is 2.28. The second kappa shape index (κ2) is 6.44. The number of benzene rings is 1. The van der Waals surface area contributed by atoms with Crippen LogP contribution >= 0.6 is 34.2 Å². The Hall–Kier alpha value is -0.290. The minimum absolute atomic E-state index is 0.0806. The summed E-state index contributed by atoms with van der Waals surface area (Å²) in [7, 11) is 1.92. The zero-order chi connectivity index (χ0) is 14.0. The van der Waals surface area contributed by atoms with Crippen LogP contribution in [-0.2, 0) is 0 Å². The van der Waals surface area contributed by atoms with Gasteiger partial charge in [-0.2, -0.15) is 0 Å². The first-order valence-electron chi connectivity index (χ1n) is 6.73. The second-order valence-corrected chi connectivity index (χ2v) is 6.94. The van der Waals surface area contributed by atoms with Crippen LogP contribution in [0.1, 0.15) is 43.0 Å². The quantitative estimate of drug-likeness (QED) is 0.675. The molecule has 0 aromatic heterocycles. The van der Waals surface area contributed by atoms with Crippen LogP contribution in [0.2, 0.25) is 5.02 Å². The Labute approximate surface area is 133 Å². The van der Waals surface area contributed by atoms with Gasteiger partial charge in [0, 0.05) is 22.2 Å². The summed E-state index contributed by atoms with van der Waals surface area (Å²) in [4.78, 5) is 14.4. The second-order valence-electron chi connectivity index (χ2n) is 5.37. The topological polar surface area (TPSA) is 20.3 Å². The van der Waals surface area contributed by atoms with Crippen LogP contribution in [0.3, 0.4) is 0 Å². The maximum atomic E-state index is 12.5. The average molecular weight is 392 g/mol. The van der Waals surface area contributed by atoms with E-state index in [-0.39, 0.29) is 5.91 Å². The molecule has 2 unspecified atom stereocenters. The molecule has 1 amide bonds. The normalized spacial score (nSPS) is 23.2. The van der Waals surface area contributed by atoms with Crippen molar-refractivity contribution in [3.05, 3.63) is 32.4 Å². The van der Waals surface area contributed by atoms with Crippen LogP contribution in [0.5, 0.6) is 0 Å². The average Bonchev–Trinajstić information content (AvgIpc) is 2.41. The zero-order valence-electron chi connectivity index (χ0n) is 11.3. The van der Waals surface area contributed by atoms with E-state index < -0.39 is 0 Å². The van der Waals surface area contributed by atoms with E-state index in [1.54, 1.807) is 6.07 Å². The Kier molecular flexibility index (Phi) is 5.12. The molecule has 19 heavy (non-hydrogen) atoms. The fourth-order valence-electron chi connectivity index (χ4n) is 2.86. The number of hydrogen-bond acceptors (Lipinski definition) is 1. The smallest absolute Gasteiger partial charge is 0.253 e. The van der Waals surface area contributed by atoms with Crippen molar-refractivity contribution in [2.75, 3.05) is 7.05 Å². The molecule has 104 valence electrons. The molecule has 0 bridgehead atoms. The van der Waals surface area contributed by atoms with Gasteiger partial charge in [-0.15, -0.1) is 0 Å². The summed E-state index contributed by atoms with van der Waals surface area (Å²) in [5, 5.41) is 0.650. The van der Waals surface area contributed by atoms with Gasteiger partial charge >= 0.3 is 0 Å². The fraction of sp³-hybridized carbons (Fsp3) is 0.533. The molecule has 2 atom stereocenters. The Balaban J connectivity index is 2.15. The van der Waals surface area contributed by atoms with Gasteiger partial charge in [-0.25, -0.2) is 0 Å². The van der Waals surface area contributed by atoms with Crippen molar-refractivity contribution in [3.63, 3.8) is 0 Å². The van der Waals surface area contributed by atoms with E-state index in [2.05, 4.69) is 29.5 Å². The lowest BCUT2D eigenvalue weighted by Gasteiger charge is -2.36. The number of rotatable bonds is 2. The summed E-state index contributed by atoms with van der Waals surface area (Å²) < 4.78 is 0.976. The molecule has 0 heterocycles. The van der Waals surface area contributed by atoms with Crippen molar-refractivity contribution in [2.45, 2.75) is 38.6 Å². The Morgan fingerprint density at radius 3 is 2.68 bits per heavy atom. The lowest BCUT2D eigenvalue weighted by Crippen LogP contribution is -2.42. The number of halogens is 2. The van der Waals surface area contributed by atoms with E-state index in [1.165, 1.54) is 19.3 Å². The van der Waals surface area contributed by atoms with Gasteiger partial charge in [0.1, 0.15) is 0 Å². The molecule has 1 aliphatic carbocycles. The molecule has 1 aliphatic rings. The number of nitrogens with zero attached hydrogens (tertiary/aromatic N) is 1. The first-order valence-corrected chi connectivity index (χ1v) is 8.18. The fourth-order valence-corrected chi connectivity index (χ4v) is 3.37. The molecule has 0 aliphatic heterocycles. The van der Waals surface area contributed by atoms with Crippen LogP contribution in [-0.4, -0.2) is 23.9 Å². The van der Waals surface area contributed by atoms with Crippen LogP contribution in [0.15, 0.2) is 18.2 Å². The van der Waals surface area contributed by atoms with Crippen LogP contribution < -0.4 is 0 Å². The third-order valence-electron chi connectivity index (χ3n) is 4.05. The number of hydrogen-bond donors (Lipinski definition) is 0. The Bertz CT molecular complexity index is 477. The van der Waals surface area contributed by atoms with Gasteiger partial charge in [0.25, 0.3) is 5.91 Å². The lowest BCUT2D eigenvalue weighted by molar-refractivity contribution is 0.0629. The summed E-state index contributed by atoms with van der Waals surface area (Å²) in [6, 6.07) is 5.89. The first-order chi connectivity index (χ1) is 9.00. The van der Waals surface area contributed by atoms with Crippen molar-refractivity contribution in [3.8, 4) is 0 Å². The third-order valence-corrected chi connectivity index (χ3v) is 5.62. The maximum absolute atomic E-state index is 12.5. The van der Waals surface area contributed by atoms with Crippen molar-refractivity contribution in [1.82, 2.24) is 4.90 Å². The minimum atomic E-state index is 0.0806. The van der Waals surface area contributed by atoms with Crippen molar-refractivity contribution in [2.24, 2.45) is 5.92 Å². The van der Waals surface area contributed by atoms with E-state index in [9.17, 15) is 4.79 Å². The summed E-state index contributed by atoms with van der Waals surface area (Å²) in [6.07, 6.45) is 4.84. The standard InChI is InChI=1S/C15H19ClINO/c1-10-5-3-4-6-14(10)18(2)15(19)11-7-8-13(17)12(16)9-11/h7-10,14H,3-6H2,1-2H3. The summed E-state index contributed by atoms with van der Waals surface area (Å²) >= 11 is 8.27. The lowest BCUT2D eigenvalue weighted by atomic mass is 9.85. The molecule has 0 saturated heterocycles. The zero-order valence-corrected chi connectivity index (χ0v) is 14.2. The summed E-state index contributed by atoms with van der Waals surface area (Å²) in [6.45, 7) is 2.24. The van der Waals surface area contributed by atoms with Crippen LogP contribution in [0.4, 0.5) is 0 Å². The highest BCUT2D eigenvalue weighted by atomic mass is 127. The first kappa shape index (κ1) is 15.1. The highest BCUT2D eigenvalue weighted by Crippen LogP contribution is 2.29. The predicted molar refractivity (Wildman–Crippen MR) is 87.7 cm³/mol. The molecule has 0 spiro atoms. The molecule has 1 saturated carbocycles. The van der Waals surface area contributed by atoms with E-state index in [0.29, 0.717) is 22.5 Å². The van der Waals surface area contributed by atoms with Gasteiger partial charge in [-0.1, -0.05) is 31.4 Å². The molecule has 2 nitrogen and oxygen atoms in total. The van der Waals surface area contributed by atoms with E-state index in [0.717, 1.165) is 9.99 Å². The Morgan fingerprint density at radius 2 is 2.05 bits per heavy atom. The number of amides is 1. The molecular weight excluding hydrogens is 373 g/mol. The molecule has 1 aromatic carbocycles. The molecular formula is C15H19ClINO. The van der Waals surface area contributed by atoms with Crippen molar-refractivity contribution in [1.29, 1.82) is 0 Å². The maximum Gasteiger partial charge on any atom is 0.253 e. The van der Waals surface area contributed by atoms with E-state index >= 15 is 0 Å². The van der Waals surface area contributed by atoms with Crippen molar-refractivity contribution < 1.29 is 4.79 Å². The van der Waals surface area contributed by atoms with E-state index in [1.807, 2.05) is 24.1 Å². The molecule has 1 aromatic rings. The number of carbonyl (C=O) groups is 1. The SMILES string of the molecule is CC1CCCCC1N(C)C(=O)c1ccc(I)c(Cl)c1. The van der Waals surface area contributed by atoms with Gasteiger partial charge in [0.2, 0.25) is 0 Å². The molecule has 1 fully saturated rings. The monoisotopic (exact) mass is 391 g/mol. The third kappa shape index (κ3) is 3.43. The molecule has 4 heteroatoms. The molecule has 2 rings (SSSR count). The van der Waals surface area contributed by atoms with E-state index in [4.69, 9.17) is 11.6 Å². The van der Waals surface area contributed by atoms with Gasteiger partial charge in [-0.05, 0) is 59.5 Å². The van der Waals surface area contributed by atoms with Gasteiger partial charge in [0.05, 0.1) is 5.02 Å². The number of carbonyl (C=O) groups excluding carboxylic acids is 1. The van der Waals surface area contributed by atoms with Crippen molar-refractivity contribution >= 4 is 40.1 Å². The molecule has 0 radical (unpaired) electrons. The van der Waals surface area contributed by atoms with Gasteiger partial charge in [0.15, 0.2) is 0 Å². The van der Waals surface area contributed by atoms with Crippen LogP contribution in [0, 0.1) is 9.49 Å². The van der Waals surface area contributed by atoms with Gasteiger partial charge < -0.3 is 4.90 Å². The minimum Gasteiger partial charge on any atom is -0.338 e. The molecule has 0 N–H and O–H groups in total. The largest absolute Gasteiger partial charge is 0.338 e. The van der Waals surface area contributed by atoms with Crippen LogP contribution in [0.25, 0.3) is 0 Å². The summed E-state index contributed by atoms with van der Waals surface area (Å²) in [5.41, 5.74) is 0.686. The van der Waals surface area contributed by atoms with Gasteiger partial charge in [-0.3, -0.25) is 4.79 Å². The highest BCUT2D eigenvalue weighted by molar-refractivity contribution is 14.1. The summed E-state index contributed by atoms with van der Waals surface area (Å²) in [5.74, 6) is 0.666. The Morgan fingerprint density at radius 1 is 1.37 bits per heavy atom.